The normalized spacial score (nSPS) is 10.7. The molecule has 0 unspecified atom stereocenters. The molecule has 0 atom stereocenters. The van der Waals surface area contributed by atoms with E-state index in [0.29, 0.717) is 0 Å². The molecule has 0 heterocycles. The maximum absolute atomic E-state index is 5.30. The summed E-state index contributed by atoms with van der Waals surface area (Å²) < 4.78 is 5.30. The zero-order valence-corrected chi connectivity index (χ0v) is 10.2. The Morgan fingerprint density at radius 3 is 2.56 bits per heavy atom. The van der Waals surface area contributed by atoms with Crippen molar-refractivity contribution in [3.63, 3.8) is 0 Å². The van der Waals surface area contributed by atoms with Gasteiger partial charge in [-0.05, 0) is 47.4 Å². The number of benzene rings is 2. The lowest BCUT2D eigenvalue weighted by molar-refractivity contribution is 0.415. The molecular formula is C15H18O. The minimum atomic E-state index is 0.940. The Bertz CT molecular complexity index is 500. The molecule has 2 rings (SSSR count). The second kappa shape index (κ2) is 4.56. The van der Waals surface area contributed by atoms with Crippen LogP contribution < -0.4 is 4.74 Å². The average Bonchev–Trinajstić information content (AvgIpc) is 2.32. The topological polar surface area (TPSA) is 9.23 Å². The Hall–Kier alpha value is -1.50. The van der Waals surface area contributed by atoms with E-state index in [1.807, 2.05) is 6.07 Å². The highest BCUT2D eigenvalue weighted by molar-refractivity contribution is 5.88. The summed E-state index contributed by atoms with van der Waals surface area (Å²) in [6.45, 7) is 4.41. The zero-order chi connectivity index (χ0) is 11.5. The molecule has 0 radical (unpaired) electrons. The molecule has 0 saturated carbocycles. The van der Waals surface area contributed by atoms with E-state index < -0.39 is 0 Å². The molecule has 0 bridgehead atoms. The fourth-order valence-electron chi connectivity index (χ4n) is 2.18. The number of fused-ring (bicyclic) bond motifs is 1. The van der Waals surface area contributed by atoms with E-state index >= 15 is 0 Å². The van der Waals surface area contributed by atoms with Gasteiger partial charge in [-0.1, -0.05) is 31.5 Å². The summed E-state index contributed by atoms with van der Waals surface area (Å²) in [5, 5.41) is 2.64. The second-order valence-electron chi connectivity index (χ2n) is 4.20. The Morgan fingerprint density at radius 1 is 1.12 bits per heavy atom. The lowest BCUT2D eigenvalue weighted by atomic mass is 9.96. The van der Waals surface area contributed by atoms with Gasteiger partial charge in [-0.3, -0.25) is 0 Å². The molecule has 0 amide bonds. The summed E-state index contributed by atoms with van der Waals surface area (Å²) in [6.07, 6.45) is 2.31. The monoisotopic (exact) mass is 214 g/mol. The van der Waals surface area contributed by atoms with Crippen LogP contribution in [-0.2, 0) is 6.42 Å². The minimum absolute atomic E-state index is 0.940. The molecule has 0 saturated heterocycles. The van der Waals surface area contributed by atoms with Gasteiger partial charge in [0.25, 0.3) is 0 Å². The molecule has 0 aliphatic carbocycles. The minimum Gasteiger partial charge on any atom is -0.497 e. The van der Waals surface area contributed by atoms with Crippen molar-refractivity contribution < 1.29 is 4.74 Å². The molecule has 0 fully saturated rings. The van der Waals surface area contributed by atoms with Crippen LogP contribution in [0.4, 0.5) is 0 Å². The Morgan fingerprint density at radius 2 is 1.88 bits per heavy atom. The van der Waals surface area contributed by atoms with Crippen molar-refractivity contribution in [1.29, 1.82) is 0 Å². The van der Waals surface area contributed by atoms with Crippen molar-refractivity contribution in [2.75, 3.05) is 7.11 Å². The predicted molar refractivity (Wildman–Crippen MR) is 69.2 cm³/mol. The molecule has 2 aromatic carbocycles. The molecule has 0 aromatic heterocycles. The molecule has 1 heteroatoms. The molecular weight excluding hydrogens is 196 g/mol. The number of hydrogen-bond acceptors (Lipinski definition) is 1. The third kappa shape index (κ3) is 1.90. The highest BCUT2D eigenvalue weighted by atomic mass is 16.5. The van der Waals surface area contributed by atoms with Crippen LogP contribution in [0.3, 0.4) is 0 Å². The van der Waals surface area contributed by atoms with Gasteiger partial charge in [-0.25, -0.2) is 0 Å². The summed E-state index contributed by atoms with van der Waals surface area (Å²) in [4.78, 5) is 0. The second-order valence-corrected chi connectivity index (χ2v) is 4.20. The molecule has 0 spiro atoms. The average molecular weight is 214 g/mol. The summed E-state index contributed by atoms with van der Waals surface area (Å²) in [5.41, 5.74) is 2.83. The molecule has 16 heavy (non-hydrogen) atoms. The molecule has 1 nitrogen and oxygen atoms in total. The van der Waals surface area contributed by atoms with Crippen molar-refractivity contribution >= 4 is 10.8 Å². The third-order valence-corrected chi connectivity index (χ3v) is 3.07. The van der Waals surface area contributed by atoms with Gasteiger partial charge in [0.15, 0.2) is 0 Å². The fraction of sp³-hybridized carbons (Fsp3) is 0.333. The van der Waals surface area contributed by atoms with Gasteiger partial charge in [0.05, 0.1) is 7.11 Å². The predicted octanol–water partition coefficient (Wildman–Crippen LogP) is 4.11. The maximum atomic E-state index is 5.30. The van der Waals surface area contributed by atoms with E-state index in [9.17, 15) is 0 Å². The van der Waals surface area contributed by atoms with Crippen LogP contribution in [0, 0.1) is 6.92 Å². The maximum Gasteiger partial charge on any atom is 0.119 e. The molecule has 0 N–H and O–H groups in total. The van der Waals surface area contributed by atoms with E-state index in [1.54, 1.807) is 7.11 Å². The summed E-state index contributed by atoms with van der Waals surface area (Å²) in [6, 6.07) is 10.7. The van der Waals surface area contributed by atoms with Gasteiger partial charge in [-0.15, -0.1) is 0 Å². The SMILES string of the molecule is CCCc1c(C)ccc2ccc(OC)cc12. The summed E-state index contributed by atoms with van der Waals surface area (Å²) in [5.74, 6) is 0.940. The van der Waals surface area contributed by atoms with E-state index in [4.69, 9.17) is 4.74 Å². The van der Waals surface area contributed by atoms with Crippen LogP contribution in [0.1, 0.15) is 24.5 Å². The lowest BCUT2D eigenvalue weighted by Crippen LogP contribution is -1.92. The van der Waals surface area contributed by atoms with Crippen LogP contribution in [0.2, 0.25) is 0 Å². The number of methoxy groups -OCH3 is 1. The quantitative estimate of drug-likeness (QED) is 0.747. The van der Waals surface area contributed by atoms with Crippen molar-refractivity contribution in [2.24, 2.45) is 0 Å². The van der Waals surface area contributed by atoms with Crippen molar-refractivity contribution in [2.45, 2.75) is 26.7 Å². The molecule has 0 aliphatic rings. The van der Waals surface area contributed by atoms with Crippen LogP contribution in [0.25, 0.3) is 10.8 Å². The third-order valence-electron chi connectivity index (χ3n) is 3.07. The van der Waals surface area contributed by atoms with Crippen LogP contribution in [0.15, 0.2) is 30.3 Å². The zero-order valence-electron chi connectivity index (χ0n) is 10.2. The van der Waals surface area contributed by atoms with Crippen molar-refractivity contribution in [3.05, 3.63) is 41.5 Å². The molecule has 0 aliphatic heterocycles. The Balaban J connectivity index is 2.67. The molecule has 84 valence electrons. The first-order valence-corrected chi connectivity index (χ1v) is 5.82. The van der Waals surface area contributed by atoms with E-state index in [-0.39, 0.29) is 0 Å². The first kappa shape index (κ1) is 11.0. The number of rotatable bonds is 3. The first-order valence-electron chi connectivity index (χ1n) is 5.82. The largest absolute Gasteiger partial charge is 0.497 e. The van der Waals surface area contributed by atoms with E-state index in [1.165, 1.54) is 28.3 Å². The molecule has 2 aromatic rings. The summed E-state index contributed by atoms with van der Waals surface area (Å²) in [7, 11) is 1.72. The summed E-state index contributed by atoms with van der Waals surface area (Å²) >= 11 is 0. The smallest absolute Gasteiger partial charge is 0.119 e. The van der Waals surface area contributed by atoms with Gasteiger partial charge in [0.1, 0.15) is 5.75 Å². The van der Waals surface area contributed by atoms with Crippen LogP contribution in [-0.4, -0.2) is 7.11 Å². The van der Waals surface area contributed by atoms with E-state index in [2.05, 4.69) is 38.1 Å². The highest BCUT2D eigenvalue weighted by Crippen LogP contribution is 2.27. The van der Waals surface area contributed by atoms with Gasteiger partial charge in [0, 0.05) is 0 Å². The number of hydrogen-bond donors (Lipinski definition) is 0. The first-order chi connectivity index (χ1) is 7.76. The van der Waals surface area contributed by atoms with Crippen molar-refractivity contribution in [1.82, 2.24) is 0 Å². The Labute approximate surface area is 97.1 Å². The van der Waals surface area contributed by atoms with Crippen LogP contribution >= 0.6 is 0 Å². The number of ether oxygens (including phenoxy) is 1. The standard InChI is InChI=1S/C15H18O/c1-4-5-14-11(2)6-7-12-8-9-13(16-3)10-15(12)14/h6-10H,4-5H2,1-3H3. The fourth-order valence-corrected chi connectivity index (χ4v) is 2.18. The van der Waals surface area contributed by atoms with Gasteiger partial charge in [0.2, 0.25) is 0 Å². The van der Waals surface area contributed by atoms with Crippen molar-refractivity contribution in [3.8, 4) is 5.75 Å². The highest BCUT2D eigenvalue weighted by Gasteiger charge is 2.05. The van der Waals surface area contributed by atoms with Gasteiger partial charge < -0.3 is 4.74 Å². The Kier molecular flexibility index (Phi) is 3.14. The van der Waals surface area contributed by atoms with E-state index in [0.717, 1.165) is 12.2 Å². The van der Waals surface area contributed by atoms with Crippen LogP contribution in [0.5, 0.6) is 5.75 Å². The van der Waals surface area contributed by atoms with Gasteiger partial charge >= 0.3 is 0 Å². The van der Waals surface area contributed by atoms with Gasteiger partial charge in [-0.2, -0.15) is 0 Å². The number of aryl methyl sites for hydroxylation is 2. The lowest BCUT2D eigenvalue weighted by Gasteiger charge is -2.10.